The van der Waals surface area contributed by atoms with E-state index in [1.807, 2.05) is 0 Å². The van der Waals surface area contributed by atoms with Crippen LogP contribution in [0.2, 0.25) is 0 Å². The molecule has 0 saturated heterocycles. The Morgan fingerprint density at radius 1 is 0.311 bits per heavy atom. The van der Waals surface area contributed by atoms with E-state index >= 15 is 0 Å². The topological polar surface area (TPSA) is 0 Å². The molecule has 2 heteroatoms. The van der Waals surface area contributed by atoms with Crippen molar-refractivity contribution in [2.24, 2.45) is 0 Å². The highest BCUT2D eigenvalue weighted by molar-refractivity contribution is 7.74. The smallest absolute Gasteiger partial charge is 0.0372 e. The predicted octanol–water partition coefficient (Wildman–Crippen LogP) is 9.99. The van der Waals surface area contributed by atoms with Crippen molar-refractivity contribution in [2.75, 3.05) is 0 Å². The van der Waals surface area contributed by atoms with Gasteiger partial charge < -0.3 is 0 Å². The Labute approximate surface area is 270 Å². The molecule has 0 unspecified atom stereocenters. The lowest BCUT2D eigenvalue weighted by Gasteiger charge is -2.36. The summed E-state index contributed by atoms with van der Waals surface area (Å²) in [6.45, 7) is 0. The van der Waals surface area contributed by atoms with E-state index in [0.29, 0.717) is 0 Å². The normalized spacial score (nSPS) is 14.2. The van der Waals surface area contributed by atoms with Crippen molar-refractivity contribution < 1.29 is 0 Å². The highest BCUT2D eigenvalue weighted by Gasteiger charge is 2.38. The van der Waals surface area contributed by atoms with Gasteiger partial charge in [0.2, 0.25) is 0 Å². The molecule has 0 aliphatic heterocycles. The fourth-order valence-electron chi connectivity index (χ4n) is 6.54. The second kappa shape index (κ2) is 14.2. The number of allylic oxidation sites excluding steroid dienone is 4. The summed E-state index contributed by atoms with van der Waals surface area (Å²) in [5.41, 5.74) is 6.15. The van der Waals surface area contributed by atoms with Gasteiger partial charge in [-0.2, -0.15) is 0 Å². The Balaban J connectivity index is 1.44. The van der Waals surface area contributed by atoms with Crippen LogP contribution in [0.15, 0.2) is 205 Å². The van der Waals surface area contributed by atoms with E-state index < -0.39 is 15.8 Å². The van der Waals surface area contributed by atoms with E-state index in [9.17, 15) is 0 Å². The van der Waals surface area contributed by atoms with Crippen molar-refractivity contribution in [2.45, 2.75) is 17.7 Å². The molecule has 1 aliphatic carbocycles. The Morgan fingerprint density at radius 2 is 0.556 bits per heavy atom. The lowest BCUT2D eigenvalue weighted by atomic mass is 9.94. The van der Waals surface area contributed by atoms with E-state index in [4.69, 9.17) is 0 Å². The van der Waals surface area contributed by atoms with Crippen molar-refractivity contribution in [3.8, 4) is 0 Å². The molecular formula is C43H36P2. The molecule has 0 bridgehead atoms. The van der Waals surface area contributed by atoms with Gasteiger partial charge in [0.05, 0.1) is 0 Å². The Hall–Kier alpha value is -4.34. The highest BCUT2D eigenvalue weighted by atomic mass is 31.1. The van der Waals surface area contributed by atoms with Crippen molar-refractivity contribution in [1.82, 2.24) is 0 Å². The number of benzene rings is 6. The van der Waals surface area contributed by atoms with Crippen LogP contribution in [0.5, 0.6) is 0 Å². The molecule has 7 rings (SSSR count). The highest BCUT2D eigenvalue weighted by Crippen LogP contribution is 2.62. The van der Waals surface area contributed by atoms with Crippen LogP contribution >= 0.6 is 15.8 Å². The third-order valence-corrected chi connectivity index (χ3v) is 14.1. The van der Waals surface area contributed by atoms with E-state index in [2.05, 4.69) is 194 Å². The molecule has 0 amide bonds. The summed E-state index contributed by atoms with van der Waals surface area (Å²) >= 11 is 0. The minimum atomic E-state index is -0.752. The maximum Gasteiger partial charge on any atom is 0.0372 e. The van der Waals surface area contributed by atoms with Gasteiger partial charge in [-0.3, -0.25) is 0 Å². The van der Waals surface area contributed by atoms with Gasteiger partial charge in [0.25, 0.3) is 0 Å². The van der Waals surface area contributed by atoms with Gasteiger partial charge in [-0.05, 0) is 65.8 Å². The molecule has 6 aromatic rings. The molecule has 0 aromatic heterocycles. The largest absolute Gasteiger partial charge is 0.0762 e. The minimum absolute atomic E-state index is 0.217. The summed E-state index contributed by atoms with van der Waals surface area (Å²) in [6, 6.07) is 67.3. The lowest BCUT2D eigenvalue weighted by Crippen LogP contribution is -2.22. The number of hydrogen-bond donors (Lipinski definition) is 0. The molecule has 6 aromatic carbocycles. The zero-order valence-corrected chi connectivity index (χ0v) is 27.0. The molecule has 0 spiro atoms. The zero-order valence-electron chi connectivity index (χ0n) is 25.2. The van der Waals surface area contributed by atoms with Gasteiger partial charge in [-0.15, -0.1) is 0 Å². The molecule has 218 valence electrons. The van der Waals surface area contributed by atoms with Gasteiger partial charge in [0.1, 0.15) is 0 Å². The third-order valence-electron chi connectivity index (χ3n) is 8.48. The van der Waals surface area contributed by atoms with Gasteiger partial charge >= 0.3 is 0 Å². The van der Waals surface area contributed by atoms with Crippen LogP contribution in [0.1, 0.15) is 28.9 Å². The van der Waals surface area contributed by atoms with E-state index in [0.717, 1.165) is 6.42 Å². The standard InChI is InChI=1S/C43H36P2/c1-7-20-34(21-8-1)42(44(36-24-11-3-12-25-36)37-26-13-4-14-27-37)40-32-19-33-41(40)43(35-22-9-2-10-23-35)45(38-28-15-5-16-29-38)39-30-17-6-18-31-39/h1-18,20-33,42-43H,19H2/t42-,43-/m1/s1. The van der Waals surface area contributed by atoms with Crippen molar-refractivity contribution >= 4 is 37.1 Å². The molecule has 0 radical (unpaired) electrons. The van der Waals surface area contributed by atoms with Crippen LogP contribution in [0.4, 0.5) is 0 Å². The SMILES string of the molecule is C1=C([C@@H](c2ccccc2)P(c2ccccc2)c2ccccc2)C([C@@H](c2ccccc2)P(c2ccccc2)c2ccccc2)=CC1. The molecule has 0 N–H and O–H groups in total. The van der Waals surface area contributed by atoms with Crippen molar-refractivity contribution in [1.29, 1.82) is 0 Å². The zero-order chi connectivity index (χ0) is 30.3. The summed E-state index contributed by atoms with van der Waals surface area (Å²) in [7, 11) is -1.50. The molecule has 0 saturated carbocycles. The summed E-state index contributed by atoms with van der Waals surface area (Å²) < 4.78 is 0. The lowest BCUT2D eigenvalue weighted by molar-refractivity contribution is 1.04. The third kappa shape index (κ3) is 6.41. The maximum atomic E-state index is 2.54. The second-order valence-corrected chi connectivity index (χ2v) is 15.8. The van der Waals surface area contributed by atoms with Crippen LogP contribution in [0.3, 0.4) is 0 Å². The average Bonchev–Trinajstić information content (AvgIpc) is 3.60. The monoisotopic (exact) mass is 614 g/mol. The average molecular weight is 615 g/mol. The van der Waals surface area contributed by atoms with E-state index in [1.54, 1.807) is 0 Å². The summed E-state index contributed by atoms with van der Waals surface area (Å²) in [4.78, 5) is 0. The number of hydrogen-bond acceptors (Lipinski definition) is 0. The fraction of sp³-hybridized carbons (Fsp3) is 0.0698. The van der Waals surface area contributed by atoms with Crippen LogP contribution < -0.4 is 21.2 Å². The fourth-order valence-corrected chi connectivity index (χ4v) is 12.3. The van der Waals surface area contributed by atoms with Crippen molar-refractivity contribution in [3.63, 3.8) is 0 Å². The first-order chi connectivity index (χ1) is 22.4. The Morgan fingerprint density at radius 3 is 0.822 bits per heavy atom. The molecular weight excluding hydrogens is 578 g/mol. The molecule has 0 nitrogen and oxygen atoms in total. The van der Waals surface area contributed by atoms with E-state index in [1.165, 1.54) is 43.5 Å². The quantitative estimate of drug-likeness (QED) is 0.135. The summed E-state index contributed by atoms with van der Waals surface area (Å²) in [5, 5.41) is 5.63. The van der Waals surface area contributed by atoms with Crippen LogP contribution in [-0.2, 0) is 0 Å². The van der Waals surface area contributed by atoms with Crippen LogP contribution in [0.25, 0.3) is 0 Å². The first-order valence-corrected chi connectivity index (χ1v) is 18.5. The van der Waals surface area contributed by atoms with Gasteiger partial charge in [0, 0.05) is 11.3 Å². The minimum Gasteiger partial charge on any atom is -0.0762 e. The molecule has 2 atom stereocenters. The predicted molar refractivity (Wildman–Crippen MR) is 197 cm³/mol. The Kier molecular flexibility index (Phi) is 9.25. The van der Waals surface area contributed by atoms with Gasteiger partial charge in [0.15, 0.2) is 0 Å². The Bertz CT molecular complexity index is 1630. The van der Waals surface area contributed by atoms with Crippen LogP contribution in [-0.4, -0.2) is 0 Å². The first kappa shape index (κ1) is 29.4. The molecule has 45 heavy (non-hydrogen) atoms. The van der Waals surface area contributed by atoms with Crippen LogP contribution in [0, 0.1) is 0 Å². The van der Waals surface area contributed by atoms with Gasteiger partial charge in [-0.1, -0.05) is 194 Å². The van der Waals surface area contributed by atoms with E-state index in [-0.39, 0.29) is 11.3 Å². The maximum absolute atomic E-state index is 2.54. The summed E-state index contributed by atoms with van der Waals surface area (Å²) in [6.07, 6.45) is 6.03. The summed E-state index contributed by atoms with van der Waals surface area (Å²) in [5.74, 6) is 0. The van der Waals surface area contributed by atoms with Gasteiger partial charge in [-0.25, -0.2) is 0 Å². The second-order valence-electron chi connectivity index (χ2n) is 11.3. The number of rotatable bonds is 10. The van der Waals surface area contributed by atoms with Crippen molar-refractivity contribution in [3.05, 3.63) is 216 Å². The molecule has 1 aliphatic rings. The molecule has 0 fully saturated rings. The molecule has 0 heterocycles. The first-order valence-electron chi connectivity index (χ1n) is 15.7.